The molecule has 18 heavy (non-hydrogen) atoms. The third-order valence-corrected chi connectivity index (χ3v) is 3.46. The maximum atomic E-state index is 11.2. The molecule has 3 heteroatoms. The van der Waals surface area contributed by atoms with Crippen LogP contribution in [0, 0.1) is 13.8 Å². The number of nitrogens with one attached hydrogen (secondary N) is 1. The highest BCUT2D eigenvalue weighted by atomic mass is 32.1. The van der Waals surface area contributed by atoms with E-state index in [4.69, 9.17) is 0 Å². The summed E-state index contributed by atoms with van der Waals surface area (Å²) in [5.41, 5.74) is 5.17. The van der Waals surface area contributed by atoms with Crippen LogP contribution in [0.25, 0.3) is 0 Å². The highest BCUT2D eigenvalue weighted by Crippen LogP contribution is 2.26. The van der Waals surface area contributed by atoms with Crippen LogP contribution in [0.15, 0.2) is 12.1 Å². The van der Waals surface area contributed by atoms with Crippen LogP contribution in [0.1, 0.15) is 43.0 Å². The van der Waals surface area contributed by atoms with Crippen molar-refractivity contribution in [2.24, 2.45) is 0 Å². The first kappa shape index (κ1) is 15.1. The fraction of sp³-hybridized carbons (Fsp3) is 0.533. The summed E-state index contributed by atoms with van der Waals surface area (Å²) in [5.74, 6) is 0.204. The highest BCUT2D eigenvalue weighted by molar-refractivity contribution is 7.81. The van der Waals surface area contributed by atoms with Gasteiger partial charge in [0.2, 0.25) is 5.91 Å². The molecule has 0 heterocycles. The third-order valence-electron chi connectivity index (χ3n) is 3.17. The lowest BCUT2D eigenvalue weighted by molar-refractivity contribution is -0.118. The normalized spacial score (nSPS) is 11.4. The van der Waals surface area contributed by atoms with Crippen LogP contribution in [0.2, 0.25) is 0 Å². The molecule has 0 unspecified atom stereocenters. The predicted octanol–water partition coefficient (Wildman–Crippen LogP) is 3.15. The number of amides is 1. The molecule has 1 amide bonds. The molecule has 0 spiro atoms. The maximum absolute atomic E-state index is 11.2. The van der Waals surface area contributed by atoms with Crippen LogP contribution in [-0.4, -0.2) is 11.7 Å². The van der Waals surface area contributed by atoms with Crippen molar-refractivity contribution in [3.63, 3.8) is 0 Å². The number of thiol groups is 1. The van der Waals surface area contributed by atoms with E-state index >= 15 is 0 Å². The van der Waals surface area contributed by atoms with Crippen molar-refractivity contribution in [1.29, 1.82) is 0 Å². The SMILES string of the molecule is Cc1cc(C(C)(C)C)cc(C)c1CNC(=O)CS. The number of aryl methyl sites for hydroxylation is 2. The molecule has 0 bridgehead atoms. The van der Waals surface area contributed by atoms with Gasteiger partial charge in [0.15, 0.2) is 0 Å². The Labute approximate surface area is 116 Å². The zero-order valence-corrected chi connectivity index (χ0v) is 12.8. The Balaban J connectivity index is 2.98. The second-order valence-electron chi connectivity index (χ2n) is 5.77. The molecule has 2 nitrogen and oxygen atoms in total. The monoisotopic (exact) mass is 265 g/mol. The summed E-state index contributed by atoms with van der Waals surface area (Å²) in [6.07, 6.45) is 0. The Morgan fingerprint density at radius 3 is 2.11 bits per heavy atom. The fourth-order valence-corrected chi connectivity index (χ4v) is 2.06. The minimum atomic E-state index is -0.0305. The Morgan fingerprint density at radius 2 is 1.72 bits per heavy atom. The molecule has 1 aromatic rings. The Bertz CT molecular complexity index is 423. The lowest BCUT2D eigenvalue weighted by atomic mass is 9.84. The molecule has 1 N–H and O–H groups in total. The molecule has 0 aliphatic carbocycles. The van der Waals surface area contributed by atoms with Gasteiger partial charge in [0.25, 0.3) is 0 Å². The minimum Gasteiger partial charge on any atom is -0.351 e. The van der Waals surface area contributed by atoms with Crippen molar-refractivity contribution >= 4 is 18.5 Å². The van der Waals surface area contributed by atoms with Gasteiger partial charge in [-0.25, -0.2) is 0 Å². The molecule has 0 fully saturated rings. The van der Waals surface area contributed by atoms with E-state index in [1.165, 1.54) is 22.3 Å². The Morgan fingerprint density at radius 1 is 1.22 bits per heavy atom. The van der Waals surface area contributed by atoms with Gasteiger partial charge in [-0.3, -0.25) is 4.79 Å². The van der Waals surface area contributed by atoms with Gasteiger partial charge < -0.3 is 5.32 Å². The highest BCUT2D eigenvalue weighted by Gasteiger charge is 2.16. The second kappa shape index (κ2) is 5.79. The van der Waals surface area contributed by atoms with E-state index in [1.54, 1.807) is 0 Å². The summed E-state index contributed by atoms with van der Waals surface area (Å²) in [5, 5.41) is 2.87. The molecule has 0 radical (unpaired) electrons. The second-order valence-corrected chi connectivity index (χ2v) is 6.09. The summed E-state index contributed by atoms with van der Waals surface area (Å²) in [7, 11) is 0. The molecule has 0 atom stereocenters. The van der Waals surface area contributed by atoms with Gasteiger partial charge in [-0.05, 0) is 41.5 Å². The van der Waals surface area contributed by atoms with Gasteiger partial charge in [0, 0.05) is 6.54 Å². The van der Waals surface area contributed by atoms with E-state index in [-0.39, 0.29) is 17.1 Å². The van der Waals surface area contributed by atoms with Crippen molar-refractivity contribution in [3.8, 4) is 0 Å². The van der Waals surface area contributed by atoms with Crippen molar-refractivity contribution < 1.29 is 4.79 Å². The minimum absolute atomic E-state index is 0.0305. The standard InChI is InChI=1S/C15H23NOS/c1-10-6-12(15(3,4)5)7-11(2)13(10)8-16-14(17)9-18/h6-7,18H,8-9H2,1-5H3,(H,16,17). The van der Waals surface area contributed by atoms with E-state index in [1.807, 2.05) is 0 Å². The van der Waals surface area contributed by atoms with Crippen LogP contribution >= 0.6 is 12.6 Å². The molecule has 0 aromatic heterocycles. The maximum Gasteiger partial charge on any atom is 0.229 e. The zero-order chi connectivity index (χ0) is 13.9. The largest absolute Gasteiger partial charge is 0.351 e. The molecule has 1 aromatic carbocycles. The first-order valence-electron chi connectivity index (χ1n) is 6.24. The van der Waals surface area contributed by atoms with Crippen molar-refractivity contribution in [3.05, 3.63) is 34.4 Å². The van der Waals surface area contributed by atoms with E-state index in [0.717, 1.165) is 0 Å². The zero-order valence-electron chi connectivity index (χ0n) is 11.9. The number of benzene rings is 1. The number of hydrogen-bond donors (Lipinski definition) is 2. The Kier molecular flexibility index (Phi) is 4.85. The summed E-state index contributed by atoms with van der Waals surface area (Å²) in [4.78, 5) is 11.2. The summed E-state index contributed by atoms with van der Waals surface area (Å²) < 4.78 is 0. The van der Waals surface area contributed by atoms with Crippen LogP contribution in [0.4, 0.5) is 0 Å². The van der Waals surface area contributed by atoms with Crippen molar-refractivity contribution in [1.82, 2.24) is 5.32 Å². The molecule has 0 saturated heterocycles. The number of rotatable bonds is 3. The van der Waals surface area contributed by atoms with Gasteiger partial charge in [-0.15, -0.1) is 0 Å². The van der Waals surface area contributed by atoms with Crippen LogP contribution in [-0.2, 0) is 16.8 Å². The molecule has 0 saturated carbocycles. The van der Waals surface area contributed by atoms with Gasteiger partial charge in [0.05, 0.1) is 5.75 Å². The van der Waals surface area contributed by atoms with Crippen LogP contribution in [0.5, 0.6) is 0 Å². The van der Waals surface area contributed by atoms with E-state index < -0.39 is 0 Å². The van der Waals surface area contributed by atoms with Crippen LogP contribution < -0.4 is 5.32 Å². The van der Waals surface area contributed by atoms with Gasteiger partial charge in [-0.2, -0.15) is 12.6 Å². The summed E-state index contributed by atoms with van der Waals surface area (Å²) in [6, 6.07) is 4.43. The first-order chi connectivity index (χ1) is 8.25. The topological polar surface area (TPSA) is 29.1 Å². The van der Waals surface area contributed by atoms with Gasteiger partial charge >= 0.3 is 0 Å². The first-order valence-corrected chi connectivity index (χ1v) is 6.87. The predicted molar refractivity (Wildman–Crippen MR) is 80.3 cm³/mol. The quantitative estimate of drug-likeness (QED) is 0.808. The number of carbonyl (C=O) groups is 1. The molecular formula is C15H23NOS. The average molecular weight is 265 g/mol. The average Bonchev–Trinajstić information content (AvgIpc) is 2.26. The molecule has 100 valence electrons. The summed E-state index contributed by atoms with van der Waals surface area (Å²) >= 11 is 3.96. The smallest absolute Gasteiger partial charge is 0.229 e. The van der Waals surface area contributed by atoms with E-state index in [0.29, 0.717) is 6.54 Å². The lowest BCUT2D eigenvalue weighted by Gasteiger charge is -2.22. The van der Waals surface area contributed by atoms with Crippen molar-refractivity contribution in [2.45, 2.75) is 46.6 Å². The molecule has 1 rings (SSSR count). The van der Waals surface area contributed by atoms with Crippen molar-refractivity contribution in [2.75, 3.05) is 5.75 Å². The van der Waals surface area contributed by atoms with Gasteiger partial charge in [-0.1, -0.05) is 32.9 Å². The molecule has 0 aliphatic rings. The lowest BCUT2D eigenvalue weighted by Crippen LogP contribution is -2.25. The van der Waals surface area contributed by atoms with E-state index in [2.05, 4.69) is 64.7 Å². The number of hydrogen-bond acceptors (Lipinski definition) is 2. The van der Waals surface area contributed by atoms with E-state index in [9.17, 15) is 4.79 Å². The van der Waals surface area contributed by atoms with Gasteiger partial charge in [0.1, 0.15) is 0 Å². The third kappa shape index (κ3) is 3.77. The molecular weight excluding hydrogens is 242 g/mol. The summed E-state index contributed by atoms with van der Waals surface area (Å²) in [6.45, 7) is 11.4. The Hall–Kier alpha value is -0.960. The fourth-order valence-electron chi connectivity index (χ4n) is 1.95. The van der Waals surface area contributed by atoms with Crippen LogP contribution in [0.3, 0.4) is 0 Å². The number of carbonyl (C=O) groups excluding carboxylic acids is 1. The molecule has 0 aliphatic heterocycles.